The van der Waals surface area contributed by atoms with E-state index in [1.807, 2.05) is 30.3 Å². The van der Waals surface area contributed by atoms with Crippen molar-refractivity contribution in [3.63, 3.8) is 0 Å². The summed E-state index contributed by atoms with van der Waals surface area (Å²) in [5, 5.41) is 2.53. The van der Waals surface area contributed by atoms with Crippen LogP contribution >= 0.6 is 0 Å². The molecule has 1 rings (SSSR count). The van der Waals surface area contributed by atoms with Gasteiger partial charge < -0.3 is 25.3 Å². The number of rotatable bonds is 9. The first-order chi connectivity index (χ1) is 12.2. The van der Waals surface area contributed by atoms with E-state index in [4.69, 9.17) is 15.2 Å². The maximum atomic E-state index is 11.7. The van der Waals surface area contributed by atoms with Gasteiger partial charge in [0.05, 0.1) is 6.04 Å². The molecule has 2 amide bonds. The second kappa shape index (κ2) is 10.4. The molecule has 0 fully saturated rings. The van der Waals surface area contributed by atoms with Crippen LogP contribution in [0, 0.1) is 0 Å². The Kier molecular flexibility index (Phi) is 8.61. The van der Waals surface area contributed by atoms with Crippen LogP contribution in [0.3, 0.4) is 0 Å². The molecule has 0 bridgehead atoms. The molecule has 1 aromatic carbocycles. The summed E-state index contributed by atoms with van der Waals surface area (Å²) in [6.45, 7) is 5.24. The first-order valence-corrected chi connectivity index (χ1v) is 8.64. The number of ether oxygens (including phenoxy) is 2. The lowest BCUT2D eigenvalue weighted by molar-refractivity contribution is -0.109. The summed E-state index contributed by atoms with van der Waals surface area (Å²) in [6, 6.07) is 8.94. The molecular formula is C19H28N2O5. The normalized spacial score (nSPS) is 13.3. The highest BCUT2D eigenvalue weighted by Crippen LogP contribution is 2.14. The molecule has 0 saturated heterocycles. The van der Waals surface area contributed by atoms with Crippen LogP contribution in [0.5, 0.6) is 0 Å². The molecule has 0 aliphatic carbocycles. The van der Waals surface area contributed by atoms with E-state index in [1.54, 1.807) is 20.8 Å². The zero-order valence-corrected chi connectivity index (χ0v) is 15.6. The lowest BCUT2D eigenvalue weighted by Gasteiger charge is -2.22. The summed E-state index contributed by atoms with van der Waals surface area (Å²) >= 11 is 0. The minimum Gasteiger partial charge on any atom is -0.446 e. The maximum absolute atomic E-state index is 11.7. The molecule has 144 valence electrons. The van der Waals surface area contributed by atoms with Crippen LogP contribution in [0.25, 0.3) is 0 Å². The fraction of sp³-hybridized carbons (Fsp3) is 0.526. The molecule has 0 heterocycles. The molecule has 3 N–H and O–H groups in total. The Bertz CT molecular complexity index is 583. The number of primary amides is 1. The lowest BCUT2D eigenvalue weighted by atomic mass is 10.0. The van der Waals surface area contributed by atoms with Crippen LogP contribution in [-0.4, -0.2) is 36.2 Å². The number of hydrogen-bond acceptors (Lipinski definition) is 5. The van der Waals surface area contributed by atoms with E-state index in [0.29, 0.717) is 32.0 Å². The van der Waals surface area contributed by atoms with Crippen LogP contribution < -0.4 is 11.1 Å². The number of benzene rings is 1. The zero-order valence-electron chi connectivity index (χ0n) is 15.6. The summed E-state index contributed by atoms with van der Waals surface area (Å²) in [6.07, 6.45) is 0.871. The van der Waals surface area contributed by atoms with E-state index in [9.17, 15) is 14.4 Å². The van der Waals surface area contributed by atoms with Gasteiger partial charge in [-0.1, -0.05) is 30.3 Å². The Labute approximate surface area is 154 Å². The van der Waals surface area contributed by atoms with Gasteiger partial charge in [0, 0.05) is 6.42 Å². The molecule has 0 radical (unpaired) electrons. The number of aldehydes is 1. The van der Waals surface area contributed by atoms with Crippen LogP contribution in [0.1, 0.15) is 45.6 Å². The molecule has 0 saturated carbocycles. The zero-order chi connectivity index (χ0) is 19.6. The van der Waals surface area contributed by atoms with Gasteiger partial charge in [0.25, 0.3) is 0 Å². The fourth-order valence-corrected chi connectivity index (χ4v) is 2.44. The molecule has 0 aliphatic heterocycles. The molecule has 7 nitrogen and oxygen atoms in total. The van der Waals surface area contributed by atoms with Crippen molar-refractivity contribution >= 4 is 18.5 Å². The third-order valence-corrected chi connectivity index (χ3v) is 3.50. The van der Waals surface area contributed by atoms with Crippen molar-refractivity contribution in [2.45, 2.75) is 64.2 Å². The maximum Gasteiger partial charge on any atom is 0.408 e. The quantitative estimate of drug-likeness (QED) is 0.655. The number of nitrogens with two attached hydrogens (primary N) is 1. The van der Waals surface area contributed by atoms with E-state index < -0.39 is 23.8 Å². The van der Waals surface area contributed by atoms with E-state index in [0.717, 1.165) is 5.56 Å². The van der Waals surface area contributed by atoms with Gasteiger partial charge in [-0.3, -0.25) is 0 Å². The van der Waals surface area contributed by atoms with Gasteiger partial charge in [0.1, 0.15) is 18.0 Å². The van der Waals surface area contributed by atoms with E-state index in [-0.39, 0.29) is 6.10 Å². The van der Waals surface area contributed by atoms with Crippen molar-refractivity contribution in [3.05, 3.63) is 35.9 Å². The molecule has 0 spiro atoms. The van der Waals surface area contributed by atoms with E-state index in [1.165, 1.54) is 0 Å². The largest absolute Gasteiger partial charge is 0.446 e. The predicted molar refractivity (Wildman–Crippen MR) is 97.7 cm³/mol. The average molecular weight is 364 g/mol. The molecule has 1 aromatic rings. The standard InChI is InChI=1S/C19H28N2O5/c1-19(2,3)26-18(24)21-15(13-22)10-7-11-16(25-17(20)23)12-14-8-5-4-6-9-14/h4-6,8-9,13,15-16H,7,10-12H2,1-3H3,(H2,20,23)(H,21,24)/t15-,16?/m0/s1. The second-order valence-corrected chi connectivity index (χ2v) is 7.07. The van der Waals surface area contributed by atoms with Crippen LogP contribution in [0.2, 0.25) is 0 Å². The average Bonchev–Trinajstić information content (AvgIpc) is 2.52. The van der Waals surface area contributed by atoms with Crippen LogP contribution in [0.15, 0.2) is 30.3 Å². The van der Waals surface area contributed by atoms with E-state index >= 15 is 0 Å². The Morgan fingerprint density at radius 3 is 2.38 bits per heavy atom. The van der Waals surface area contributed by atoms with Gasteiger partial charge in [0.15, 0.2) is 0 Å². The van der Waals surface area contributed by atoms with Gasteiger partial charge in [-0.05, 0) is 45.6 Å². The van der Waals surface area contributed by atoms with Crippen molar-refractivity contribution in [1.29, 1.82) is 0 Å². The SMILES string of the molecule is CC(C)(C)OC(=O)N[C@H](C=O)CCCC(Cc1ccccc1)OC(N)=O. The van der Waals surface area contributed by atoms with Crippen molar-refractivity contribution < 1.29 is 23.9 Å². The molecule has 2 atom stereocenters. The number of alkyl carbamates (subject to hydrolysis) is 1. The minimum absolute atomic E-state index is 0.385. The smallest absolute Gasteiger partial charge is 0.408 e. The molecule has 26 heavy (non-hydrogen) atoms. The highest BCUT2D eigenvalue weighted by molar-refractivity contribution is 5.73. The van der Waals surface area contributed by atoms with Gasteiger partial charge in [-0.15, -0.1) is 0 Å². The Hall–Kier alpha value is -2.57. The number of carbonyl (C=O) groups excluding carboxylic acids is 3. The topological polar surface area (TPSA) is 108 Å². The summed E-state index contributed by atoms with van der Waals surface area (Å²) in [7, 11) is 0. The summed E-state index contributed by atoms with van der Waals surface area (Å²) in [5.41, 5.74) is 5.53. The summed E-state index contributed by atoms with van der Waals surface area (Å²) in [4.78, 5) is 34.0. The van der Waals surface area contributed by atoms with E-state index in [2.05, 4.69) is 5.32 Å². The second-order valence-electron chi connectivity index (χ2n) is 7.07. The van der Waals surface area contributed by atoms with Crippen LogP contribution in [0.4, 0.5) is 9.59 Å². The lowest BCUT2D eigenvalue weighted by Crippen LogP contribution is -2.40. The molecular weight excluding hydrogens is 336 g/mol. The third kappa shape index (κ3) is 9.66. The highest BCUT2D eigenvalue weighted by Gasteiger charge is 2.20. The molecule has 0 aliphatic rings. The third-order valence-electron chi connectivity index (χ3n) is 3.50. The number of nitrogens with one attached hydrogen (secondary N) is 1. The number of carbonyl (C=O) groups is 3. The van der Waals surface area contributed by atoms with Crippen molar-refractivity contribution in [2.75, 3.05) is 0 Å². The number of amides is 2. The summed E-state index contributed by atoms with van der Waals surface area (Å²) in [5.74, 6) is 0. The Morgan fingerprint density at radius 1 is 1.19 bits per heavy atom. The van der Waals surface area contributed by atoms with Gasteiger partial charge in [0.2, 0.25) is 0 Å². The highest BCUT2D eigenvalue weighted by atomic mass is 16.6. The molecule has 7 heteroatoms. The monoisotopic (exact) mass is 364 g/mol. The van der Waals surface area contributed by atoms with Gasteiger partial charge in [-0.25, -0.2) is 9.59 Å². The van der Waals surface area contributed by atoms with Gasteiger partial charge in [-0.2, -0.15) is 0 Å². The first-order valence-electron chi connectivity index (χ1n) is 8.64. The predicted octanol–water partition coefficient (Wildman–Crippen LogP) is 2.96. The van der Waals surface area contributed by atoms with Crippen LogP contribution in [-0.2, 0) is 20.7 Å². The van der Waals surface area contributed by atoms with Crippen molar-refractivity contribution in [2.24, 2.45) is 5.73 Å². The molecule has 1 unspecified atom stereocenters. The Morgan fingerprint density at radius 2 is 1.85 bits per heavy atom. The van der Waals surface area contributed by atoms with Gasteiger partial charge >= 0.3 is 12.2 Å². The first kappa shape index (κ1) is 21.5. The minimum atomic E-state index is -0.829. The summed E-state index contributed by atoms with van der Waals surface area (Å²) < 4.78 is 10.3. The van der Waals surface area contributed by atoms with Crippen molar-refractivity contribution in [3.8, 4) is 0 Å². The van der Waals surface area contributed by atoms with Crippen molar-refractivity contribution in [1.82, 2.24) is 5.32 Å². The molecule has 0 aromatic heterocycles. The fourth-order valence-electron chi connectivity index (χ4n) is 2.44. The Balaban J connectivity index is 2.49. The number of hydrogen-bond donors (Lipinski definition) is 2.